The van der Waals surface area contributed by atoms with Crippen molar-refractivity contribution in [3.8, 4) is 5.63 Å². The number of nitrogens with zero attached hydrogens (tertiary/aromatic N) is 1. The molecule has 0 radical (unpaired) electrons. The van der Waals surface area contributed by atoms with E-state index >= 15 is 0 Å². The number of carbonyl (C=O) groups excluding carboxylic acids is 1. The summed E-state index contributed by atoms with van der Waals surface area (Å²) >= 11 is 0. The zero-order valence-electron chi connectivity index (χ0n) is 6.41. The third-order valence-electron chi connectivity index (χ3n) is 1.17. The van der Waals surface area contributed by atoms with Gasteiger partial charge >= 0.3 is 66.4 Å². The van der Waals surface area contributed by atoms with Gasteiger partial charge in [0.25, 0.3) is 0 Å². The van der Waals surface area contributed by atoms with Crippen molar-refractivity contribution in [2.75, 3.05) is 13.6 Å². The van der Waals surface area contributed by atoms with Crippen LogP contribution in [0.2, 0.25) is 0 Å². The van der Waals surface area contributed by atoms with Gasteiger partial charge in [-0.3, -0.25) is 0 Å². The quantitative estimate of drug-likeness (QED) is 0.473. The molecule has 0 saturated heterocycles. The fourth-order valence-electron chi connectivity index (χ4n) is 0.529. The van der Waals surface area contributed by atoms with E-state index < -0.39 is 0 Å². The summed E-state index contributed by atoms with van der Waals surface area (Å²) in [5.74, 6) is -0.130. The summed E-state index contributed by atoms with van der Waals surface area (Å²) in [5, 5.41) is 0. The van der Waals surface area contributed by atoms with E-state index in [0.29, 0.717) is 13.0 Å². The SMILES string of the molecule is C=CC(=O)N(C)CCC#P=O. The van der Waals surface area contributed by atoms with Gasteiger partial charge in [0, 0.05) is 0 Å². The first-order chi connectivity index (χ1) is 5.22. The number of rotatable bonds is 3. The van der Waals surface area contributed by atoms with E-state index in [9.17, 15) is 9.36 Å². The molecule has 0 spiro atoms. The molecule has 0 unspecified atom stereocenters. The van der Waals surface area contributed by atoms with Crippen LogP contribution in [0.5, 0.6) is 0 Å². The van der Waals surface area contributed by atoms with Crippen molar-refractivity contribution in [1.29, 1.82) is 0 Å². The molecule has 0 aliphatic carbocycles. The Morgan fingerprint density at radius 3 is 2.91 bits per heavy atom. The van der Waals surface area contributed by atoms with Crippen LogP contribution < -0.4 is 0 Å². The third-order valence-corrected chi connectivity index (χ3v) is 1.53. The molecule has 0 aromatic carbocycles. The number of hydrogen-bond acceptors (Lipinski definition) is 2. The molecular formula is C7H10NO2P. The minimum absolute atomic E-state index is 0.107. The van der Waals surface area contributed by atoms with E-state index in [-0.39, 0.29) is 13.8 Å². The summed E-state index contributed by atoms with van der Waals surface area (Å²) < 4.78 is 9.89. The molecule has 11 heavy (non-hydrogen) atoms. The van der Waals surface area contributed by atoms with Gasteiger partial charge in [0.1, 0.15) is 0 Å². The Bertz CT molecular complexity index is 242. The zero-order valence-corrected chi connectivity index (χ0v) is 7.30. The minimum atomic E-state index is -0.130. The van der Waals surface area contributed by atoms with Crippen molar-refractivity contribution in [2.24, 2.45) is 0 Å². The van der Waals surface area contributed by atoms with Gasteiger partial charge in [-0.2, -0.15) is 0 Å². The van der Waals surface area contributed by atoms with Gasteiger partial charge in [0.2, 0.25) is 0 Å². The van der Waals surface area contributed by atoms with Crippen LogP contribution in [-0.4, -0.2) is 24.4 Å². The van der Waals surface area contributed by atoms with E-state index in [1.807, 2.05) is 0 Å². The van der Waals surface area contributed by atoms with Crippen molar-refractivity contribution < 1.29 is 9.36 Å². The molecule has 0 N–H and O–H groups in total. The molecule has 0 aromatic rings. The van der Waals surface area contributed by atoms with Gasteiger partial charge in [-0.1, -0.05) is 0 Å². The molecule has 0 fully saturated rings. The van der Waals surface area contributed by atoms with Gasteiger partial charge in [0.15, 0.2) is 0 Å². The molecule has 1 amide bonds. The van der Waals surface area contributed by atoms with Crippen LogP contribution in [0.15, 0.2) is 12.7 Å². The molecule has 0 rings (SSSR count). The molecule has 0 heterocycles. The van der Waals surface area contributed by atoms with Crippen LogP contribution in [0.1, 0.15) is 6.42 Å². The Kier molecular flexibility index (Phi) is 5.54. The summed E-state index contributed by atoms with van der Waals surface area (Å²) in [4.78, 5) is 12.3. The molecule has 4 heteroatoms. The molecule has 3 nitrogen and oxygen atoms in total. The number of amides is 1. The van der Waals surface area contributed by atoms with Crippen LogP contribution in [0, 0.1) is 5.63 Å². The Labute approximate surface area is 67.2 Å². The molecule has 60 valence electrons. The predicted octanol–water partition coefficient (Wildman–Crippen LogP) is 1.27. The van der Waals surface area contributed by atoms with Crippen LogP contribution in [0.4, 0.5) is 0 Å². The second kappa shape index (κ2) is 5.96. The first-order valence-electron chi connectivity index (χ1n) is 3.15. The normalized spacial score (nSPS) is 8.09. The number of likely N-dealkylation sites (N-methyl/N-ethyl adjacent to an activating group) is 1. The van der Waals surface area contributed by atoms with Gasteiger partial charge < -0.3 is 0 Å². The number of hydrogen-bond donors (Lipinski definition) is 0. The summed E-state index contributed by atoms with van der Waals surface area (Å²) in [6.45, 7) is 3.86. The van der Waals surface area contributed by atoms with Gasteiger partial charge in [-0.05, 0) is 0 Å². The summed E-state index contributed by atoms with van der Waals surface area (Å²) in [6.07, 6.45) is 1.76. The Balaban J connectivity index is 3.74. The van der Waals surface area contributed by atoms with Crippen molar-refractivity contribution in [3.05, 3.63) is 12.7 Å². The zero-order chi connectivity index (χ0) is 8.69. The Morgan fingerprint density at radius 1 is 1.82 bits per heavy atom. The molecule has 0 atom stereocenters. The van der Waals surface area contributed by atoms with E-state index in [1.165, 1.54) is 11.0 Å². The topological polar surface area (TPSA) is 37.4 Å². The van der Waals surface area contributed by atoms with E-state index in [0.717, 1.165) is 0 Å². The molecule has 0 bridgehead atoms. The number of carbonyl (C=O) groups is 1. The maximum absolute atomic E-state index is 10.8. The van der Waals surface area contributed by atoms with Crippen molar-refractivity contribution in [1.82, 2.24) is 4.90 Å². The van der Waals surface area contributed by atoms with Gasteiger partial charge in [-0.15, -0.1) is 0 Å². The van der Waals surface area contributed by atoms with E-state index in [4.69, 9.17) is 0 Å². The van der Waals surface area contributed by atoms with Crippen LogP contribution in [0.3, 0.4) is 0 Å². The molecule has 0 aliphatic heterocycles. The van der Waals surface area contributed by atoms with Crippen LogP contribution in [0.25, 0.3) is 0 Å². The average molecular weight is 171 g/mol. The molecule has 0 aliphatic rings. The van der Waals surface area contributed by atoms with E-state index in [1.54, 1.807) is 7.05 Å². The third kappa shape index (κ3) is 4.60. The average Bonchev–Trinajstić information content (AvgIpc) is 2.03. The first kappa shape index (κ1) is 10.2. The summed E-state index contributed by atoms with van der Waals surface area (Å²) in [7, 11) is 1.55. The summed E-state index contributed by atoms with van der Waals surface area (Å²) in [5.41, 5.74) is 2.55. The maximum atomic E-state index is 10.8. The van der Waals surface area contributed by atoms with Crippen LogP contribution >= 0.6 is 7.92 Å². The standard InChI is InChI=1S/C7H10NO2P/c1-3-7(9)8(2)5-4-6-11-10/h3H,1,4-5H2,2H3. The Hall–Kier alpha value is -0.780. The summed E-state index contributed by atoms with van der Waals surface area (Å²) in [6, 6.07) is 0. The fraction of sp³-hybridized carbons (Fsp3) is 0.429. The first-order valence-corrected chi connectivity index (χ1v) is 3.96. The fourth-order valence-corrected chi connectivity index (χ4v) is 0.721. The molecule has 0 aromatic heterocycles. The predicted molar refractivity (Wildman–Crippen MR) is 43.9 cm³/mol. The monoisotopic (exact) mass is 171 g/mol. The van der Waals surface area contributed by atoms with Gasteiger partial charge in [-0.25, -0.2) is 0 Å². The van der Waals surface area contributed by atoms with Crippen LogP contribution in [-0.2, 0) is 9.36 Å². The molecule has 0 saturated carbocycles. The van der Waals surface area contributed by atoms with Gasteiger partial charge in [0.05, 0.1) is 0 Å². The second-order valence-corrected chi connectivity index (χ2v) is 2.46. The second-order valence-electron chi connectivity index (χ2n) is 1.96. The van der Waals surface area contributed by atoms with Crippen molar-refractivity contribution in [3.63, 3.8) is 0 Å². The van der Waals surface area contributed by atoms with Crippen molar-refractivity contribution >= 4 is 13.8 Å². The molecular weight excluding hydrogens is 161 g/mol. The van der Waals surface area contributed by atoms with Crippen molar-refractivity contribution in [2.45, 2.75) is 6.42 Å². The van der Waals surface area contributed by atoms with E-state index in [2.05, 4.69) is 12.2 Å². The Morgan fingerprint density at radius 2 is 2.45 bits per heavy atom.